The third-order valence-corrected chi connectivity index (χ3v) is 3.01. The molecule has 0 radical (unpaired) electrons. The van der Waals surface area contributed by atoms with Gasteiger partial charge in [0.15, 0.2) is 0 Å². The maximum absolute atomic E-state index is 8.69. The number of hydrogen-bond donors (Lipinski definition) is 1. The quantitative estimate of drug-likeness (QED) is 0.801. The van der Waals surface area contributed by atoms with Crippen LogP contribution in [0.1, 0.15) is 36.2 Å². The smallest absolute Gasteiger partial charge is 0.119 e. The number of nitriles is 1. The molecule has 0 fully saturated rings. The van der Waals surface area contributed by atoms with E-state index >= 15 is 0 Å². The minimum absolute atomic E-state index is 0.446. The first-order valence-electron chi connectivity index (χ1n) is 4.51. The average molecular weight is 194 g/mol. The van der Waals surface area contributed by atoms with Gasteiger partial charge in [0.05, 0.1) is 6.07 Å². The number of nitrogens with two attached hydrogens (primary N) is 1. The van der Waals surface area contributed by atoms with Gasteiger partial charge in [-0.05, 0) is 29.9 Å². The van der Waals surface area contributed by atoms with Crippen LogP contribution in [0.15, 0.2) is 11.4 Å². The molecule has 1 unspecified atom stereocenters. The molecule has 0 aliphatic heterocycles. The van der Waals surface area contributed by atoms with E-state index in [4.69, 9.17) is 11.0 Å². The normalized spacial score (nSPS) is 12.4. The van der Waals surface area contributed by atoms with E-state index < -0.39 is 6.04 Å². The Hall–Kier alpha value is -0.850. The summed E-state index contributed by atoms with van der Waals surface area (Å²) in [7, 11) is 0. The van der Waals surface area contributed by atoms with Crippen LogP contribution in [-0.2, 0) is 6.42 Å². The highest BCUT2D eigenvalue weighted by Crippen LogP contribution is 2.23. The first kappa shape index (κ1) is 10.2. The fourth-order valence-corrected chi connectivity index (χ4v) is 2.21. The van der Waals surface area contributed by atoms with Crippen LogP contribution in [0.25, 0.3) is 0 Å². The molecule has 0 aromatic carbocycles. The maximum atomic E-state index is 8.69. The van der Waals surface area contributed by atoms with Gasteiger partial charge >= 0.3 is 0 Å². The van der Waals surface area contributed by atoms with Gasteiger partial charge in [-0.25, -0.2) is 0 Å². The van der Waals surface area contributed by atoms with Crippen LogP contribution in [-0.4, -0.2) is 0 Å². The molecule has 2 nitrogen and oxygen atoms in total. The van der Waals surface area contributed by atoms with Crippen LogP contribution in [0.3, 0.4) is 0 Å². The summed E-state index contributed by atoms with van der Waals surface area (Å²) < 4.78 is 0. The third kappa shape index (κ3) is 2.55. The van der Waals surface area contributed by atoms with Gasteiger partial charge in [-0.3, -0.25) is 0 Å². The lowest BCUT2D eigenvalue weighted by molar-refractivity contribution is 0.789. The largest absolute Gasteiger partial charge is 0.312 e. The number of nitrogens with zero attached hydrogens (tertiary/aromatic N) is 1. The van der Waals surface area contributed by atoms with Crippen LogP contribution in [0.4, 0.5) is 0 Å². The number of thiophene rings is 1. The predicted octanol–water partition coefficient (Wildman–Crippen LogP) is 2.61. The van der Waals surface area contributed by atoms with Crippen LogP contribution in [0, 0.1) is 11.3 Å². The SMILES string of the molecule is CCCCc1sccc1C(N)C#N. The summed E-state index contributed by atoms with van der Waals surface area (Å²) in [4.78, 5) is 1.27. The Bertz CT molecular complexity index is 298. The Kier molecular flexibility index (Phi) is 3.94. The molecule has 1 rings (SSSR count). The molecule has 0 aliphatic carbocycles. The fourth-order valence-electron chi connectivity index (χ4n) is 1.24. The van der Waals surface area contributed by atoms with Gasteiger partial charge in [-0.15, -0.1) is 11.3 Å². The number of hydrogen-bond acceptors (Lipinski definition) is 3. The number of aryl methyl sites for hydroxylation is 1. The van der Waals surface area contributed by atoms with Crippen molar-refractivity contribution in [2.45, 2.75) is 32.2 Å². The molecule has 1 heterocycles. The fraction of sp³-hybridized carbons (Fsp3) is 0.500. The Morgan fingerprint density at radius 1 is 1.69 bits per heavy atom. The summed E-state index contributed by atoms with van der Waals surface area (Å²) in [5.41, 5.74) is 6.67. The Morgan fingerprint density at radius 3 is 3.08 bits per heavy atom. The Balaban J connectivity index is 2.72. The van der Waals surface area contributed by atoms with Gasteiger partial charge < -0.3 is 5.73 Å². The Morgan fingerprint density at radius 2 is 2.46 bits per heavy atom. The predicted molar refractivity (Wildman–Crippen MR) is 55.5 cm³/mol. The van der Waals surface area contributed by atoms with E-state index in [1.165, 1.54) is 17.7 Å². The minimum atomic E-state index is -0.446. The number of unbranched alkanes of at least 4 members (excludes halogenated alkanes) is 1. The van der Waals surface area contributed by atoms with Crippen LogP contribution in [0.5, 0.6) is 0 Å². The van der Waals surface area contributed by atoms with Crippen LogP contribution in [0.2, 0.25) is 0 Å². The minimum Gasteiger partial charge on any atom is -0.312 e. The third-order valence-electron chi connectivity index (χ3n) is 2.01. The number of rotatable bonds is 4. The summed E-state index contributed by atoms with van der Waals surface area (Å²) in [6.45, 7) is 2.16. The molecule has 2 N–H and O–H groups in total. The van der Waals surface area contributed by atoms with Crippen molar-refractivity contribution in [2.75, 3.05) is 0 Å². The van der Waals surface area contributed by atoms with Gasteiger partial charge in [-0.1, -0.05) is 13.3 Å². The van der Waals surface area contributed by atoms with E-state index in [9.17, 15) is 0 Å². The van der Waals surface area contributed by atoms with Crippen molar-refractivity contribution in [3.63, 3.8) is 0 Å². The molecule has 0 spiro atoms. The van der Waals surface area contributed by atoms with E-state index in [0.29, 0.717) is 0 Å². The van der Waals surface area contributed by atoms with Crippen LogP contribution < -0.4 is 5.73 Å². The molecule has 1 aromatic heterocycles. The first-order valence-corrected chi connectivity index (χ1v) is 5.39. The lowest BCUT2D eigenvalue weighted by Crippen LogP contribution is -2.07. The Labute approximate surface area is 83.0 Å². The molecule has 0 amide bonds. The molecular formula is C10H14N2S. The van der Waals surface area contributed by atoms with Gasteiger partial charge in [-0.2, -0.15) is 5.26 Å². The molecule has 3 heteroatoms. The highest BCUT2D eigenvalue weighted by molar-refractivity contribution is 7.10. The zero-order valence-electron chi connectivity index (χ0n) is 7.79. The first-order chi connectivity index (χ1) is 6.29. The molecule has 0 saturated carbocycles. The average Bonchev–Trinajstić information content (AvgIpc) is 2.61. The van der Waals surface area contributed by atoms with Crippen molar-refractivity contribution in [3.8, 4) is 6.07 Å². The second kappa shape index (κ2) is 5.00. The second-order valence-corrected chi connectivity index (χ2v) is 4.01. The molecule has 1 atom stereocenters. The van der Waals surface area contributed by atoms with Gasteiger partial charge in [0.25, 0.3) is 0 Å². The summed E-state index contributed by atoms with van der Waals surface area (Å²) >= 11 is 1.70. The zero-order chi connectivity index (χ0) is 9.68. The van der Waals surface area contributed by atoms with Crippen molar-refractivity contribution in [1.82, 2.24) is 0 Å². The zero-order valence-corrected chi connectivity index (χ0v) is 8.60. The van der Waals surface area contributed by atoms with E-state index in [0.717, 1.165) is 12.0 Å². The van der Waals surface area contributed by atoms with Crippen molar-refractivity contribution in [1.29, 1.82) is 5.26 Å². The van der Waals surface area contributed by atoms with Gasteiger partial charge in [0.2, 0.25) is 0 Å². The van der Waals surface area contributed by atoms with Gasteiger partial charge in [0.1, 0.15) is 6.04 Å². The standard InChI is InChI=1S/C10H14N2S/c1-2-3-4-10-8(5-6-13-10)9(12)7-11/h5-6,9H,2-4,12H2,1H3. The van der Waals surface area contributed by atoms with E-state index in [1.807, 2.05) is 11.4 Å². The molecular weight excluding hydrogens is 180 g/mol. The van der Waals surface area contributed by atoms with Crippen LogP contribution >= 0.6 is 11.3 Å². The van der Waals surface area contributed by atoms with E-state index in [-0.39, 0.29) is 0 Å². The summed E-state index contributed by atoms with van der Waals surface area (Å²) in [5.74, 6) is 0. The monoisotopic (exact) mass is 194 g/mol. The molecule has 0 saturated heterocycles. The lowest BCUT2D eigenvalue weighted by atomic mass is 10.1. The van der Waals surface area contributed by atoms with Crippen molar-refractivity contribution < 1.29 is 0 Å². The topological polar surface area (TPSA) is 49.8 Å². The molecule has 70 valence electrons. The highest BCUT2D eigenvalue weighted by Gasteiger charge is 2.10. The molecule has 13 heavy (non-hydrogen) atoms. The van der Waals surface area contributed by atoms with Gasteiger partial charge in [0, 0.05) is 4.88 Å². The van der Waals surface area contributed by atoms with E-state index in [1.54, 1.807) is 11.3 Å². The summed E-state index contributed by atoms with van der Waals surface area (Å²) in [6.07, 6.45) is 3.41. The summed E-state index contributed by atoms with van der Waals surface area (Å²) in [6, 6.07) is 3.58. The molecule has 0 aliphatic rings. The maximum Gasteiger partial charge on any atom is 0.119 e. The summed E-state index contributed by atoms with van der Waals surface area (Å²) in [5, 5.41) is 10.7. The second-order valence-electron chi connectivity index (χ2n) is 3.01. The molecule has 1 aromatic rings. The highest BCUT2D eigenvalue weighted by atomic mass is 32.1. The lowest BCUT2D eigenvalue weighted by Gasteiger charge is -2.03. The van der Waals surface area contributed by atoms with E-state index in [2.05, 4.69) is 13.0 Å². The molecule has 0 bridgehead atoms. The van der Waals surface area contributed by atoms with Crippen molar-refractivity contribution in [3.05, 3.63) is 21.9 Å². The van der Waals surface area contributed by atoms with Crippen molar-refractivity contribution >= 4 is 11.3 Å². The van der Waals surface area contributed by atoms with Crippen molar-refractivity contribution in [2.24, 2.45) is 5.73 Å².